The average molecular weight is 200 g/mol. The van der Waals surface area contributed by atoms with Gasteiger partial charge >= 0.3 is 0 Å². The van der Waals surface area contributed by atoms with Crippen LogP contribution in [-0.4, -0.2) is 19.6 Å². The molecule has 0 aromatic carbocycles. The predicted molar refractivity (Wildman–Crippen MR) is 55.9 cm³/mol. The Morgan fingerprint density at radius 3 is 3.20 bits per heavy atom. The van der Waals surface area contributed by atoms with Crippen LogP contribution in [-0.2, 0) is 0 Å². The first-order valence-corrected chi connectivity index (χ1v) is 4.58. The Labute approximate surface area is 84.4 Å². The first-order chi connectivity index (χ1) is 7.25. The summed E-state index contributed by atoms with van der Waals surface area (Å²) in [6, 6.07) is 3.57. The fourth-order valence-corrected chi connectivity index (χ4v) is 1.65. The lowest BCUT2D eigenvalue weighted by atomic mass is 10.3. The van der Waals surface area contributed by atoms with Crippen molar-refractivity contribution in [3.8, 4) is 0 Å². The summed E-state index contributed by atoms with van der Waals surface area (Å²) in [6.07, 6.45) is 3.16. The first kappa shape index (κ1) is 8.16. The van der Waals surface area contributed by atoms with E-state index in [0.717, 1.165) is 5.69 Å². The van der Waals surface area contributed by atoms with Crippen LogP contribution in [0.1, 0.15) is 5.69 Å². The van der Waals surface area contributed by atoms with Crippen molar-refractivity contribution in [2.75, 3.05) is 0 Å². The van der Waals surface area contributed by atoms with Crippen molar-refractivity contribution >= 4 is 16.6 Å². The Morgan fingerprint density at radius 2 is 2.33 bits per heavy atom. The van der Waals surface area contributed by atoms with Crippen LogP contribution in [0.25, 0.3) is 16.6 Å². The predicted octanol–water partition coefficient (Wildman–Crippen LogP) is 0.879. The number of hydrogen-bond donors (Lipinski definition) is 1. The second kappa shape index (κ2) is 2.66. The number of nitrogens with one attached hydrogen (secondary N) is 1. The van der Waals surface area contributed by atoms with Crippen LogP contribution in [0.15, 0.2) is 29.3 Å². The number of pyridine rings is 1. The van der Waals surface area contributed by atoms with Crippen molar-refractivity contribution in [3.05, 3.63) is 40.6 Å². The van der Waals surface area contributed by atoms with E-state index in [1.165, 1.54) is 10.7 Å². The van der Waals surface area contributed by atoms with Gasteiger partial charge in [0.05, 0.1) is 10.9 Å². The number of aromatic nitrogens is 4. The number of aromatic amines is 1. The third kappa shape index (κ3) is 1.06. The number of rotatable bonds is 0. The highest BCUT2D eigenvalue weighted by molar-refractivity contribution is 5.78. The van der Waals surface area contributed by atoms with E-state index in [9.17, 15) is 4.79 Å². The Hall–Kier alpha value is -2.17. The molecular formula is C10H8N4O. The molecule has 3 rings (SSSR count). The van der Waals surface area contributed by atoms with Gasteiger partial charge in [-0.15, -0.1) is 0 Å². The SMILES string of the molecule is Cc1cc2nc3ccncc3c(=O)n2[nH]1. The van der Waals surface area contributed by atoms with Crippen LogP contribution < -0.4 is 5.56 Å². The van der Waals surface area contributed by atoms with Crippen LogP contribution in [0.2, 0.25) is 0 Å². The third-order valence-electron chi connectivity index (χ3n) is 2.33. The molecule has 0 aliphatic rings. The molecule has 3 heterocycles. The van der Waals surface area contributed by atoms with Gasteiger partial charge in [0.25, 0.3) is 5.56 Å². The van der Waals surface area contributed by atoms with Crippen LogP contribution in [0, 0.1) is 6.92 Å². The molecule has 0 spiro atoms. The van der Waals surface area contributed by atoms with Gasteiger partial charge < -0.3 is 0 Å². The third-order valence-corrected chi connectivity index (χ3v) is 2.33. The van der Waals surface area contributed by atoms with Gasteiger partial charge in [-0.3, -0.25) is 14.9 Å². The molecule has 0 amide bonds. The molecule has 0 saturated carbocycles. The molecule has 3 aromatic rings. The van der Waals surface area contributed by atoms with E-state index in [0.29, 0.717) is 16.6 Å². The van der Waals surface area contributed by atoms with Gasteiger partial charge in [0.15, 0.2) is 5.65 Å². The maximum atomic E-state index is 12.0. The Balaban J connectivity index is 2.65. The lowest BCUT2D eigenvalue weighted by Gasteiger charge is -1.96. The normalized spacial score (nSPS) is 11.3. The molecular weight excluding hydrogens is 192 g/mol. The minimum Gasteiger partial charge on any atom is -0.294 e. The molecule has 0 fully saturated rings. The number of fused-ring (bicyclic) bond motifs is 2. The summed E-state index contributed by atoms with van der Waals surface area (Å²) in [5.41, 5.74) is 2.10. The summed E-state index contributed by atoms with van der Waals surface area (Å²) in [5.74, 6) is 0. The summed E-state index contributed by atoms with van der Waals surface area (Å²) in [4.78, 5) is 20.2. The molecule has 1 N–H and O–H groups in total. The molecule has 0 saturated heterocycles. The van der Waals surface area contributed by atoms with Crippen molar-refractivity contribution in [2.24, 2.45) is 0 Å². The second-order valence-corrected chi connectivity index (χ2v) is 3.44. The van der Waals surface area contributed by atoms with Crippen molar-refractivity contribution in [2.45, 2.75) is 6.92 Å². The minimum absolute atomic E-state index is 0.115. The van der Waals surface area contributed by atoms with Gasteiger partial charge in [-0.05, 0) is 13.0 Å². The van der Waals surface area contributed by atoms with E-state index in [-0.39, 0.29) is 5.56 Å². The summed E-state index contributed by atoms with van der Waals surface area (Å²) in [6.45, 7) is 1.89. The second-order valence-electron chi connectivity index (χ2n) is 3.44. The van der Waals surface area contributed by atoms with E-state index >= 15 is 0 Å². The highest BCUT2D eigenvalue weighted by Crippen LogP contribution is 2.07. The van der Waals surface area contributed by atoms with Gasteiger partial charge in [-0.2, -0.15) is 0 Å². The molecule has 0 aliphatic carbocycles. The summed E-state index contributed by atoms with van der Waals surface area (Å²) >= 11 is 0. The van der Waals surface area contributed by atoms with Crippen molar-refractivity contribution in [1.29, 1.82) is 0 Å². The van der Waals surface area contributed by atoms with Crippen molar-refractivity contribution in [3.63, 3.8) is 0 Å². The van der Waals surface area contributed by atoms with Crippen LogP contribution in [0.5, 0.6) is 0 Å². The monoisotopic (exact) mass is 200 g/mol. The summed E-state index contributed by atoms with van der Waals surface area (Å²) in [5, 5.41) is 3.46. The van der Waals surface area contributed by atoms with Crippen molar-refractivity contribution < 1.29 is 0 Å². The van der Waals surface area contributed by atoms with Gasteiger partial charge in [0, 0.05) is 24.2 Å². The van der Waals surface area contributed by atoms with Crippen molar-refractivity contribution in [1.82, 2.24) is 19.6 Å². The number of H-pyrrole nitrogens is 1. The number of nitrogens with zero attached hydrogens (tertiary/aromatic N) is 3. The maximum Gasteiger partial charge on any atom is 0.282 e. The van der Waals surface area contributed by atoms with E-state index in [2.05, 4.69) is 15.1 Å². The maximum absolute atomic E-state index is 12.0. The molecule has 0 bridgehead atoms. The summed E-state index contributed by atoms with van der Waals surface area (Å²) in [7, 11) is 0. The standard InChI is InChI=1S/C10H8N4O/c1-6-4-9-12-8-2-3-11-5-7(8)10(15)14(9)13-6/h2-5,13H,1H3. The zero-order chi connectivity index (χ0) is 10.4. The van der Waals surface area contributed by atoms with Gasteiger partial charge in [0.1, 0.15) is 0 Å². The quantitative estimate of drug-likeness (QED) is 0.586. The zero-order valence-corrected chi connectivity index (χ0v) is 8.06. The number of aryl methyl sites for hydroxylation is 1. The van der Waals surface area contributed by atoms with E-state index in [1.54, 1.807) is 12.3 Å². The highest BCUT2D eigenvalue weighted by atomic mass is 16.1. The molecule has 0 radical (unpaired) electrons. The molecule has 0 unspecified atom stereocenters. The molecule has 0 atom stereocenters. The van der Waals surface area contributed by atoms with E-state index < -0.39 is 0 Å². The Kier molecular flexibility index (Phi) is 1.45. The van der Waals surface area contributed by atoms with Gasteiger partial charge in [-0.1, -0.05) is 0 Å². The lowest BCUT2D eigenvalue weighted by Crippen LogP contribution is -2.15. The lowest BCUT2D eigenvalue weighted by molar-refractivity contribution is 0.894. The molecule has 74 valence electrons. The topological polar surface area (TPSA) is 63.1 Å². The van der Waals surface area contributed by atoms with E-state index in [4.69, 9.17) is 0 Å². The fourth-order valence-electron chi connectivity index (χ4n) is 1.65. The number of hydrogen-bond acceptors (Lipinski definition) is 3. The highest BCUT2D eigenvalue weighted by Gasteiger charge is 2.06. The average Bonchev–Trinajstić information content (AvgIpc) is 2.59. The molecule has 5 nitrogen and oxygen atoms in total. The van der Waals surface area contributed by atoms with Crippen LogP contribution in [0.3, 0.4) is 0 Å². The first-order valence-electron chi connectivity index (χ1n) is 4.58. The van der Waals surface area contributed by atoms with Gasteiger partial charge in [0.2, 0.25) is 0 Å². The smallest absolute Gasteiger partial charge is 0.282 e. The van der Waals surface area contributed by atoms with Gasteiger partial charge in [-0.25, -0.2) is 9.50 Å². The van der Waals surface area contributed by atoms with Crippen LogP contribution in [0.4, 0.5) is 0 Å². The minimum atomic E-state index is -0.115. The Morgan fingerprint density at radius 1 is 1.47 bits per heavy atom. The van der Waals surface area contributed by atoms with Crippen LogP contribution >= 0.6 is 0 Å². The largest absolute Gasteiger partial charge is 0.294 e. The Bertz CT molecular complexity index is 710. The fraction of sp³-hybridized carbons (Fsp3) is 0.100. The molecule has 5 heteroatoms. The zero-order valence-electron chi connectivity index (χ0n) is 8.06. The molecule has 15 heavy (non-hydrogen) atoms. The molecule has 3 aromatic heterocycles. The van der Waals surface area contributed by atoms with E-state index in [1.807, 2.05) is 13.0 Å². The molecule has 0 aliphatic heterocycles. The summed E-state index contributed by atoms with van der Waals surface area (Å²) < 4.78 is 1.43.